The molecule has 94 valence electrons. The van der Waals surface area contributed by atoms with Crippen molar-refractivity contribution in [2.24, 2.45) is 0 Å². The molecular formula is C11H15NO5. The summed E-state index contributed by atoms with van der Waals surface area (Å²) in [6.07, 6.45) is 0. The first-order valence-corrected chi connectivity index (χ1v) is 5.00. The number of carbonyl (C=O) groups excluding carboxylic acids is 1. The van der Waals surface area contributed by atoms with Crippen LogP contribution >= 0.6 is 0 Å². The predicted molar refractivity (Wildman–Crippen MR) is 62.3 cm³/mol. The fourth-order valence-electron chi connectivity index (χ4n) is 1.04. The number of esters is 1. The van der Waals surface area contributed by atoms with Crippen molar-refractivity contribution >= 4 is 11.7 Å². The monoisotopic (exact) mass is 241 g/mol. The zero-order valence-electron chi connectivity index (χ0n) is 10.2. The third kappa shape index (κ3) is 4.10. The molecule has 1 aromatic carbocycles. The quantitative estimate of drug-likeness (QED) is 0.461. The fraction of sp³-hybridized carbons (Fsp3) is 0.364. The van der Waals surface area contributed by atoms with E-state index in [0.717, 1.165) is 6.07 Å². The number of rotatable bonds is 3. The summed E-state index contributed by atoms with van der Waals surface area (Å²) in [4.78, 5) is 21.1. The Bertz CT molecular complexity index is 403. The van der Waals surface area contributed by atoms with Gasteiger partial charge in [0.1, 0.15) is 5.75 Å². The van der Waals surface area contributed by atoms with Crippen LogP contribution in [0, 0.1) is 10.1 Å². The standard InChI is InChI=1S/C9H9NO5.C2H6/c1-14-8-4-6(9(11)15-2)3-7(5-8)10(12)13;1-2/h3-5H,1-2H3;1-2H3. The predicted octanol–water partition coefficient (Wildman–Crippen LogP) is 2.42. The summed E-state index contributed by atoms with van der Waals surface area (Å²) in [6, 6.07) is 3.74. The number of methoxy groups -OCH3 is 2. The minimum absolute atomic E-state index is 0.0866. The summed E-state index contributed by atoms with van der Waals surface area (Å²) >= 11 is 0. The first-order chi connectivity index (χ1) is 8.08. The van der Waals surface area contributed by atoms with E-state index in [9.17, 15) is 14.9 Å². The number of ether oxygens (including phenoxy) is 2. The zero-order chi connectivity index (χ0) is 13.4. The van der Waals surface area contributed by atoms with Crippen molar-refractivity contribution in [3.8, 4) is 5.75 Å². The van der Waals surface area contributed by atoms with Gasteiger partial charge in [-0.05, 0) is 6.07 Å². The van der Waals surface area contributed by atoms with E-state index in [1.165, 1.54) is 26.4 Å². The molecule has 0 spiro atoms. The van der Waals surface area contributed by atoms with Gasteiger partial charge in [0.05, 0.1) is 30.8 Å². The average molecular weight is 241 g/mol. The molecule has 0 saturated carbocycles. The molecule has 0 atom stereocenters. The van der Waals surface area contributed by atoms with Gasteiger partial charge >= 0.3 is 5.97 Å². The molecule has 17 heavy (non-hydrogen) atoms. The topological polar surface area (TPSA) is 78.7 Å². The molecule has 0 aromatic heterocycles. The summed E-state index contributed by atoms with van der Waals surface area (Å²) < 4.78 is 9.28. The molecule has 0 heterocycles. The van der Waals surface area contributed by atoms with Gasteiger partial charge in [0.15, 0.2) is 0 Å². The van der Waals surface area contributed by atoms with Crippen molar-refractivity contribution in [1.82, 2.24) is 0 Å². The molecule has 0 N–H and O–H groups in total. The molecule has 0 aliphatic carbocycles. The Morgan fingerprint density at radius 3 is 2.24 bits per heavy atom. The van der Waals surface area contributed by atoms with E-state index < -0.39 is 10.9 Å². The Kier molecular flexibility index (Phi) is 6.32. The van der Waals surface area contributed by atoms with Gasteiger partial charge in [-0.25, -0.2) is 4.79 Å². The molecule has 0 fully saturated rings. The highest BCUT2D eigenvalue weighted by atomic mass is 16.6. The van der Waals surface area contributed by atoms with Crippen LogP contribution in [0.25, 0.3) is 0 Å². The summed E-state index contributed by atoms with van der Waals surface area (Å²) in [6.45, 7) is 4.00. The van der Waals surface area contributed by atoms with Crippen molar-refractivity contribution in [3.63, 3.8) is 0 Å². The highest BCUT2D eigenvalue weighted by molar-refractivity contribution is 5.90. The van der Waals surface area contributed by atoms with Crippen LogP contribution in [0.15, 0.2) is 18.2 Å². The van der Waals surface area contributed by atoms with E-state index in [1.807, 2.05) is 13.8 Å². The van der Waals surface area contributed by atoms with E-state index in [0.29, 0.717) is 0 Å². The number of nitrogens with zero attached hydrogens (tertiary/aromatic N) is 1. The number of nitro benzene ring substituents is 1. The maximum absolute atomic E-state index is 11.2. The first kappa shape index (κ1) is 14.9. The molecule has 0 saturated heterocycles. The third-order valence-electron chi connectivity index (χ3n) is 1.76. The smallest absolute Gasteiger partial charge is 0.338 e. The average Bonchev–Trinajstić information content (AvgIpc) is 2.39. The van der Waals surface area contributed by atoms with Crippen LogP contribution in [0.1, 0.15) is 24.2 Å². The molecule has 0 radical (unpaired) electrons. The van der Waals surface area contributed by atoms with Gasteiger partial charge in [-0.2, -0.15) is 0 Å². The largest absolute Gasteiger partial charge is 0.496 e. The van der Waals surface area contributed by atoms with E-state index >= 15 is 0 Å². The summed E-state index contributed by atoms with van der Waals surface area (Å²) in [7, 11) is 2.56. The van der Waals surface area contributed by atoms with Crippen LogP contribution in [0.4, 0.5) is 5.69 Å². The van der Waals surface area contributed by atoms with Gasteiger partial charge in [0, 0.05) is 6.07 Å². The van der Waals surface area contributed by atoms with Crippen molar-refractivity contribution in [1.29, 1.82) is 0 Å². The van der Waals surface area contributed by atoms with Gasteiger partial charge in [0.25, 0.3) is 5.69 Å². The fourth-order valence-corrected chi connectivity index (χ4v) is 1.04. The van der Waals surface area contributed by atoms with Crippen molar-refractivity contribution in [2.45, 2.75) is 13.8 Å². The molecule has 0 bridgehead atoms. The number of hydrogen-bond acceptors (Lipinski definition) is 5. The van der Waals surface area contributed by atoms with Crippen LogP contribution < -0.4 is 4.74 Å². The Morgan fingerprint density at radius 1 is 1.24 bits per heavy atom. The number of nitro groups is 1. The van der Waals surface area contributed by atoms with Crippen molar-refractivity contribution in [2.75, 3.05) is 14.2 Å². The number of benzene rings is 1. The van der Waals surface area contributed by atoms with Gasteiger partial charge in [0.2, 0.25) is 0 Å². The Labute approximate surface area is 99.3 Å². The second-order valence-corrected chi connectivity index (χ2v) is 2.67. The van der Waals surface area contributed by atoms with Gasteiger partial charge in [-0.15, -0.1) is 0 Å². The van der Waals surface area contributed by atoms with Crippen molar-refractivity contribution in [3.05, 3.63) is 33.9 Å². The normalized spacial score (nSPS) is 8.71. The number of carbonyl (C=O) groups is 1. The van der Waals surface area contributed by atoms with Crippen molar-refractivity contribution < 1.29 is 19.2 Å². The second kappa shape index (κ2) is 7.21. The molecule has 6 nitrogen and oxygen atoms in total. The molecule has 0 unspecified atom stereocenters. The lowest BCUT2D eigenvalue weighted by Gasteiger charge is -2.03. The molecular weight excluding hydrogens is 226 g/mol. The number of hydrogen-bond donors (Lipinski definition) is 0. The highest BCUT2D eigenvalue weighted by Gasteiger charge is 2.14. The zero-order valence-corrected chi connectivity index (χ0v) is 10.2. The van der Waals surface area contributed by atoms with Crippen LogP contribution in [0.2, 0.25) is 0 Å². The minimum Gasteiger partial charge on any atom is -0.496 e. The molecule has 0 aliphatic rings. The van der Waals surface area contributed by atoms with Gasteiger partial charge in [-0.1, -0.05) is 13.8 Å². The lowest BCUT2D eigenvalue weighted by atomic mass is 10.2. The van der Waals surface area contributed by atoms with Crippen LogP contribution in [0.5, 0.6) is 5.75 Å². The first-order valence-electron chi connectivity index (χ1n) is 5.00. The third-order valence-corrected chi connectivity index (χ3v) is 1.76. The van der Waals surface area contributed by atoms with E-state index in [-0.39, 0.29) is 17.0 Å². The van der Waals surface area contributed by atoms with Crippen LogP contribution in [-0.2, 0) is 4.74 Å². The van der Waals surface area contributed by atoms with Gasteiger partial charge < -0.3 is 9.47 Å². The van der Waals surface area contributed by atoms with Crippen LogP contribution in [0.3, 0.4) is 0 Å². The van der Waals surface area contributed by atoms with Gasteiger partial charge in [-0.3, -0.25) is 10.1 Å². The maximum Gasteiger partial charge on any atom is 0.338 e. The van der Waals surface area contributed by atoms with E-state index in [1.54, 1.807) is 0 Å². The summed E-state index contributed by atoms with van der Waals surface area (Å²) in [5, 5.41) is 10.5. The minimum atomic E-state index is -0.642. The molecule has 1 rings (SSSR count). The highest BCUT2D eigenvalue weighted by Crippen LogP contribution is 2.22. The Balaban J connectivity index is 0.00000121. The lowest BCUT2D eigenvalue weighted by Crippen LogP contribution is -2.02. The van der Waals surface area contributed by atoms with E-state index in [4.69, 9.17) is 4.74 Å². The number of non-ortho nitro benzene ring substituents is 1. The van der Waals surface area contributed by atoms with E-state index in [2.05, 4.69) is 4.74 Å². The molecule has 6 heteroatoms. The lowest BCUT2D eigenvalue weighted by molar-refractivity contribution is -0.385. The summed E-state index contributed by atoms with van der Waals surface area (Å²) in [5.74, 6) is -0.401. The SMILES string of the molecule is CC.COC(=O)c1cc(OC)cc([N+](=O)[O-])c1. The maximum atomic E-state index is 11.2. The Hall–Kier alpha value is -2.11. The molecule has 1 aromatic rings. The van der Waals surface area contributed by atoms with Crippen LogP contribution in [-0.4, -0.2) is 25.1 Å². The summed E-state index contributed by atoms with van der Waals surface area (Å²) in [5.41, 5.74) is -0.127. The molecule has 0 aliphatic heterocycles. The second-order valence-electron chi connectivity index (χ2n) is 2.67. The molecule has 0 amide bonds. The Morgan fingerprint density at radius 2 is 1.82 bits per heavy atom.